The summed E-state index contributed by atoms with van der Waals surface area (Å²) in [5.41, 5.74) is 1.52. The first kappa shape index (κ1) is 16.3. The number of ether oxygens (including phenoxy) is 1. The molecule has 0 bridgehead atoms. The molecule has 3 aromatic rings. The fraction of sp³-hybridized carbons (Fsp3) is 0.211. The monoisotopic (exact) mass is 350 g/mol. The third kappa shape index (κ3) is 3.29. The first-order valence-corrected chi connectivity index (χ1v) is 8.51. The van der Waals surface area contributed by atoms with Crippen molar-refractivity contribution in [2.45, 2.75) is 18.9 Å². The van der Waals surface area contributed by atoms with Crippen LogP contribution in [0.5, 0.6) is 11.5 Å². The minimum Gasteiger partial charge on any atom is -0.450 e. The van der Waals surface area contributed by atoms with Gasteiger partial charge in [-0.3, -0.25) is 10.1 Å². The molecular formula is C19H18N4O3. The van der Waals surface area contributed by atoms with Gasteiger partial charge in [0.25, 0.3) is 0 Å². The topological polar surface area (TPSA) is 93.1 Å². The molecule has 0 amide bonds. The normalized spacial score (nSPS) is 16.5. The van der Waals surface area contributed by atoms with Crippen LogP contribution < -0.4 is 10.1 Å². The first-order valence-electron chi connectivity index (χ1n) is 8.51. The summed E-state index contributed by atoms with van der Waals surface area (Å²) < 4.78 is 5.75. The molecule has 0 spiro atoms. The van der Waals surface area contributed by atoms with Crippen molar-refractivity contribution in [2.75, 3.05) is 6.54 Å². The van der Waals surface area contributed by atoms with Gasteiger partial charge in [-0.25, -0.2) is 4.98 Å². The van der Waals surface area contributed by atoms with E-state index in [1.165, 1.54) is 6.07 Å². The Kier molecular flexibility index (Phi) is 4.37. The number of aromatic nitrogens is 2. The summed E-state index contributed by atoms with van der Waals surface area (Å²) >= 11 is 0. The lowest BCUT2D eigenvalue weighted by molar-refractivity contribution is -0.385. The number of hydrogen-bond acceptors (Lipinski definition) is 5. The molecule has 1 aliphatic heterocycles. The minimum atomic E-state index is -0.442. The number of aromatic amines is 1. The first-order chi connectivity index (χ1) is 12.7. The van der Waals surface area contributed by atoms with Gasteiger partial charge in [0, 0.05) is 11.6 Å². The molecule has 2 aromatic carbocycles. The zero-order valence-corrected chi connectivity index (χ0v) is 14.0. The SMILES string of the molecule is O=[N+]([O-])c1ccc(-c2cnc(C3CCCN3)[nH]2)cc1Oc1ccccc1. The average Bonchev–Trinajstić information content (AvgIpc) is 3.34. The Bertz CT molecular complexity index is 918. The van der Waals surface area contributed by atoms with E-state index >= 15 is 0 Å². The van der Waals surface area contributed by atoms with E-state index in [0.717, 1.165) is 36.5 Å². The quantitative estimate of drug-likeness (QED) is 0.531. The van der Waals surface area contributed by atoms with Crippen molar-refractivity contribution in [3.05, 3.63) is 70.7 Å². The molecule has 1 fully saturated rings. The number of benzene rings is 2. The molecular weight excluding hydrogens is 332 g/mol. The highest BCUT2D eigenvalue weighted by Gasteiger charge is 2.21. The minimum absolute atomic E-state index is 0.0743. The number of nitro benzene ring substituents is 1. The highest BCUT2D eigenvalue weighted by Crippen LogP contribution is 2.35. The van der Waals surface area contributed by atoms with Crippen LogP contribution in [-0.2, 0) is 0 Å². The number of nitrogens with zero attached hydrogens (tertiary/aromatic N) is 2. The Labute approximate surface area is 150 Å². The smallest absolute Gasteiger partial charge is 0.311 e. The molecule has 0 aliphatic carbocycles. The van der Waals surface area contributed by atoms with E-state index in [9.17, 15) is 10.1 Å². The lowest BCUT2D eigenvalue weighted by atomic mass is 10.1. The zero-order valence-electron chi connectivity index (χ0n) is 14.0. The van der Waals surface area contributed by atoms with Gasteiger partial charge in [0.15, 0.2) is 0 Å². The van der Waals surface area contributed by atoms with Gasteiger partial charge < -0.3 is 15.0 Å². The van der Waals surface area contributed by atoms with E-state index < -0.39 is 4.92 Å². The van der Waals surface area contributed by atoms with Crippen molar-refractivity contribution in [1.29, 1.82) is 0 Å². The second-order valence-electron chi connectivity index (χ2n) is 6.19. The highest BCUT2D eigenvalue weighted by molar-refractivity contribution is 5.65. The van der Waals surface area contributed by atoms with Crippen LogP contribution in [0.4, 0.5) is 5.69 Å². The second-order valence-corrected chi connectivity index (χ2v) is 6.19. The molecule has 1 saturated heterocycles. The van der Waals surface area contributed by atoms with E-state index in [-0.39, 0.29) is 17.5 Å². The van der Waals surface area contributed by atoms with Crippen molar-refractivity contribution in [3.8, 4) is 22.8 Å². The predicted octanol–water partition coefficient (Wildman–Crippen LogP) is 4.20. The van der Waals surface area contributed by atoms with Gasteiger partial charge in [-0.05, 0) is 43.7 Å². The second kappa shape index (κ2) is 6.97. The maximum atomic E-state index is 11.3. The van der Waals surface area contributed by atoms with Crippen LogP contribution in [0.1, 0.15) is 24.7 Å². The zero-order chi connectivity index (χ0) is 17.9. The summed E-state index contributed by atoms with van der Waals surface area (Å²) in [6, 6.07) is 14.1. The molecule has 2 N–H and O–H groups in total. The summed E-state index contributed by atoms with van der Waals surface area (Å²) in [5, 5.41) is 14.7. The van der Waals surface area contributed by atoms with E-state index in [0.29, 0.717) is 5.75 Å². The molecule has 0 saturated carbocycles. The highest BCUT2D eigenvalue weighted by atomic mass is 16.6. The Morgan fingerprint density at radius 1 is 1.19 bits per heavy atom. The largest absolute Gasteiger partial charge is 0.450 e. The lowest BCUT2D eigenvalue weighted by Crippen LogP contribution is -2.14. The number of nitro groups is 1. The Morgan fingerprint density at radius 2 is 2.04 bits per heavy atom. The molecule has 4 rings (SSSR count). The van der Waals surface area contributed by atoms with Gasteiger partial charge in [-0.15, -0.1) is 0 Å². The van der Waals surface area contributed by atoms with E-state index in [2.05, 4.69) is 15.3 Å². The third-order valence-corrected chi connectivity index (χ3v) is 4.42. The fourth-order valence-electron chi connectivity index (χ4n) is 3.11. The van der Waals surface area contributed by atoms with Crippen LogP contribution in [0.2, 0.25) is 0 Å². The maximum absolute atomic E-state index is 11.3. The Hall–Kier alpha value is -3.19. The van der Waals surface area contributed by atoms with Crippen LogP contribution in [0.3, 0.4) is 0 Å². The van der Waals surface area contributed by atoms with Gasteiger partial charge in [-0.2, -0.15) is 0 Å². The molecule has 26 heavy (non-hydrogen) atoms. The van der Waals surface area contributed by atoms with E-state index in [4.69, 9.17) is 4.74 Å². The number of nitrogens with one attached hydrogen (secondary N) is 2. The molecule has 2 heterocycles. The molecule has 0 radical (unpaired) electrons. The number of H-pyrrole nitrogens is 1. The fourth-order valence-corrected chi connectivity index (χ4v) is 3.11. The summed E-state index contributed by atoms with van der Waals surface area (Å²) in [5.74, 6) is 1.64. The third-order valence-electron chi connectivity index (χ3n) is 4.42. The number of rotatable bonds is 5. The van der Waals surface area contributed by atoms with Gasteiger partial charge in [-0.1, -0.05) is 18.2 Å². The Morgan fingerprint density at radius 3 is 2.77 bits per heavy atom. The number of para-hydroxylation sites is 1. The standard InChI is InChI=1S/C19H18N4O3/c24-23(25)17-9-8-13(11-18(17)26-14-5-2-1-3-6-14)16-12-21-19(22-16)15-7-4-10-20-15/h1-3,5-6,8-9,11-12,15,20H,4,7,10H2,(H,21,22). The Balaban J connectivity index is 1.66. The summed E-state index contributed by atoms with van der Waals surface area (Å²) in [6.07, 6.45) is 3.94. The van der Waals surface area contributed by atoms with Crippen LogP contribution >= 0.6 is 0 Å². The summed E-state index contributed by atoms with van der Waals surface area (Å²) in [4.78, 5) is 18.7. The van der Waals surface area contributed by atoms with Gasteiger partial charge in [0.05, 0.1) is 22.9 Å². The average molecular weight is 350 g/mol. The van der Waals surface area contributed by atoms with E-state index in [1.807, 2.05) is 18.2 Å². The molecule has 1 aliphatic rings. The summed E-state index contributed by atoms with van der Waals surface area (Å²) in [7, 11) is 0. The molecule has 7 heteroatoms. The maximum Gasteiger partial charge on any atom is 0.311 e. The van der Waals surface area contributed by atoms with Crippen molar-refractivity contribution in [1.82, 2.24) is 15.3 Å². The van der Waals surface area contributed by atoms with E-state index in [1.54, 1.807) is 30.5 Å². The molecule has 1 atom stereocenters. The van der Waals surface area contributed by atoms with Crippen LogP contribution in [0.15, 0.2) is 54.7 Å². The van der Waals surface area contributed by atoms with Gasteiger partial charge >= 0.3 is 5.69 Å². The number of imidazole rings is 1. The molecule has 1 aromatic heterocycles. The van der Waals surface area contributed by atoms with Gasteiger partial charge in [0.2, 0.25) is 5.75 Å². The van der Waals surface area contributed by atoms with Gasteiger partial charge in [0.1, 0.15) is 11.6 Å². The number of hydrogen-bond donors (Lipinski definition) is 2. The lowest BCUT2D eigenvalue weighted by Gasteiger charge is -2.08. The predicted molar refractivity (Wildman–Crippen MR) is 97.2 cm³/mol. The molecule has 7 nitrogen and oxygen atoms in total. The molecule has 132 valence electrons. The van der Waals surface area contributed by atoms with Crippen LogP contribution in [-0.4, -0.2) is 21.4 Å². The summed E-state index contributed by atoms with van der Waals surface area (Å²) in [6.45, 7) is 0.993. The van der Waals surface area contributed by atoms with Crippen LogP contribution in [0, 0.1) is 10.1 Å². The van der Waals surface area contributed by atoms with Crippen LogP contribution in [0.25, 0.3) is 11.3 Å². The van der Waals surface area contributed by atoms with Crippen molar-refractivity contribution in [3.63, 3.8) is 0 Å². The van der Waals surface area contributed by atoms with Crippen molar-refractivity contribution in [2.24, 2.45) is 0 Å². The van der Waals surface area contributed by atoms with Crippen molar-refractivity contribution >= 4 is 5.69 Å². The molecule has 1 unspecified atom stereocenters. The van der Waals surface area contributed by atoms with Crippen molar-refractivity contribution < 1.29 is 9.66 Å².